The quantitative estimate of drug-likeness (QED) is 0.581. The topological polar surface area (TPSA) is 17.1 Å². The van der Waals surface area contributed by atoms with Crippen LogP contribution < -0.4 is 0 Å². The maximum Gasteiger partial charge on any atom is 0.417 e. The number of rotatable bonds is 2. The molecule has 1 nitrogen and oxygen atoms in total. The number of halogens is 4. The molecule has 6 heteroatoms. The van der Waals surface area contributed by atoms with E-state index in [1.165, 1.54) is 0 Å². The van der Waals surface area contributed by atoms with Gasteiger partial charge in [0.05, 0.1) is 5.56 Å². The Morgan fingerprint density at radius 1 is 1.14 bits per heavy atom. The van der Waals surface area contributed by atoms with Crippen LogP contribution in [0.2, 0.25) is 0 Å². The van der Waals surface area contributed by atoms with E-state index in [2.05, 4.69) is 0 Å². The van der Waals surface area contributed by atoms with Crippen LogP contribution in [0.5, 0.6) is 0 Å². The van der Waals surface area contributed by atoms with Crippen molar-refractivity contribution in [1.29, 1.82) is 0 Å². The molecule has 21 heavy (non-hydrogen) atoms. The molecule has 0 saturated carbocycles. The molecule has 0 aromatic heterocycles. The maximum absolute atomic E-state index is 13.3. The number of thioether (sulfide) groups is 1. The molecule has 0 radical (unpaired) electrons. The fraction of sp³-hybridized carbons (Fsp3) is 0.533. The lowest BCUT2D eigenvalue weighted by Crippen LogP contribution is -2.26. The van der Waals surface area contributed by atoms with Crippen molar-refractivity contribution in [2.24, 2.45) is 5.92 Å². The van der Waals surface area contributed by atoms with Gasteiger partial charge < -0.3 is 0 Å². The number of carbonyl (C=O) groups excluding carboxylic acids is 1. The molecule has 2 fully saturated rings. The number of fused-ring (bicyclic) bond motifs is 2. The van der Waals surface area contributed by atoms with Crippen molar-refractivity contribution in [1.82, 2.24) is 0 Å². The number of alkyl halides is 3. The van der Waals surface area contributed by atoms with Gasteiger partial charge in [-0.3, -0.25) is 4.79 Å². The Hall–Kier alpha value is -1.04. The first-order chi connectivity index (χ1) is 9.84. The third-order valence-corrected chi connectivity index (χ3v) is 5.84. The minimum atomic E-state index is -4.64. The zero-order valence-electron chi connectivity index (χ0n) is 11.1. The molecule has 0 amide bonds. The number of ketones is 1. The van der Waals surface area contributed by atoms with Crippen LogP contribution in [-0.4, -0.2) is 16.3 Å². The molecular formula is C15H14F4OS. The van der Waals surface area contributed by atoms with Crippen LogP contribution in [0.15, 0.2) is 18.2 Å². The molecule has 2 atom stereocenters. The zero-order valence-corrected chi connectivity index (χ0v) is 11.9. The van der Waals surface area contributed by atoms with Gasteiger partial charge in [0.2, 0.25) is 0 Å². The monoisotopic (exact) mass is 318 g/mol. The van der Waals surface area contributed by atoms with E-state index in [9.17, 15) is 22.4 Å². The molecule has 2 saturated heterocycles. The summed E-state index contributed by atoms with van der Waals surface area (Å²) in [7, 11) is 0. The first-order valence-electron chi connectivity index (χ1n) is 6.91. The van der Waals surface area contributed by atoms with Gasteiger partial charge in [0.1, 0.15) is 5.82 Å². The zero-order chi connectivity index (χ0) is 15.2. The van der Waals surface area contributed by atoms with E-state index in [1.54, 1.807) is 0 Å². The second-order valence-corrected chi connectivity index (χ2v) is 7.28. The number of benzene rings is 1. The van der Waals surface area contributed by atoms with E-state index in [0.29, 0.717) is 29.4 Å². The number of Topliss-reactive ketones (excluding diaryl/α,β-unsaturated/α-hetero) is 1. The molecule has 1 aromatic rings. The average molecular weight is 318 g/mol. The predicted molar refractivity (Wildman–Crippen MR) is 72.9 cm³/mol. The van der Waals surface area contributed by atoms with Crippen molar-refractivity contribution in [2.75, 3.05) is 0 Å². The van der Waals surface area contributed by atoms with Gasteiger partial charge in [0, 0.05) is 22.0 Å². The van der Waals surface area contributed by atoms with Gasteiger partial charge in [0.15, 0.2) is 5.78 Å². The second kappa shape index (κ2) is 5.30. The highest BCUT2D eigenvalue weighted by Gasteiger charge is 2.41. The molecule has 2 bridgehead atoms. The molecule has 2 unspecified atom stereocenters. The summed E-state index contributed by atoms with van der Waals surface area (Å²) in [4.78, 5) is 12.5. The van der Waals surface area contributed by atoms with Gasteiger partial charge >= 0.3 is 6.18 Å². The van der Waals surface area contributed by atoms with Gasteiger partial charge in [0.25, 0.3) is 0 Å². The average Bonchev–Trinajstić information content (AvgIpc) is 2.75. The van der Waals surface area contributed by atoms with Crippen molar-refractivity contribution in [3.63, 3.8) is 0 Å². The summed E-state index contributed by atoms with van der Waals surface area (Å²) in [6, 6.07) is 2.14. The van der Waals surface area contributed by atoms with E-state index in [0.717, 1.165) is 25.0 Å². The summed E-state index contributed by atoms with van der Waals surface area (Å²) in [6.45, 7) is 0. The Morgan fingerprint density at radius 2 is 1.76 bits per heavy atom. The molecule has 2 aliphatic rings. The standard InChI is InChI=1S/C15H14F4OS/c16-9-1-4-13(15(17,18)19)12(7-9)14(20)8-5-10-2-3-11(6-8)21-10/h1,4,7-8,10-11H,2-3,5-6H2. The van der Waals surface area contributed by atoms with Crippen molar-refractivity contribution in [2.45, 2.75) is 42.4 Å². The summed E-state index contributed by atoms with van der Waals surface area (Å²) >= 11 is 1.83. The molecule has 0 N–H and O–H groups in total. The molecule has 1 aromatic carbocycles. The minimum absolute atomic E-state index is 0.362. The van der Waals surface area contributed by atoms with Gasteiger partial charge in [-0.05, 0) is 43.9 Å². The molecule has 114 valence electrons. The third-order valence-electron chi connectivity index (χ3n) is 4.21. The van der Waals surface area contributed by atoms with Crippen molar-refractivity contribution >= 4 is 17.5 Å². The van der Waals surface area contributed by atoms with E-state index in [4.69, 9.17) is 0 Å². The smallest absolute Gasteiger partial charge is 0.294 e. The van der Waals surface area contributed by atoms with Crippen LogP contribution in [0.3, 0.4) is 0 Å². The van der Waals surface area contributed by atoms with Crippen LogP contribution in [0.1, 0.15) is 41.6 Å². The summed E-state index contributed by atoms with van der Waals surface area (Å²) < 4.78 is 52.3. The summed E-state index contributed by atoms with van der Waals surface area (Å²) in [5.74, 6) is -1.77. The molecule has 0 aliphatic carbocycles. The normalized spacial score (nSPS) is 28.7. The first-order valence-corrected chi connectivity index (χ1v) is 7.85. The Labute approximate surface area is 124 Å². The van der Waals surface area contributed by atoms with Crippen molar-refractivity contribution in [3.8, 4) is 0 Å². The third kappa shape index (κ3) is 2.96. The lowest BCUT2D eigenvalue weighted by molar-refractivity contribution is -0.138. The number of carbonyl (C=O) groups is 1. The number of hydrogen-bond donors (Lipinski definition) is 0. The molecule has 2 aliphatic heterocycles. The maximum atomic E-state index is 13.3. The highest BCUT2D eigenvalue weighted by atomic mass is 32.2. The summed E-state index contributed by atoms with van der Waals surface area (Å²) in [6.07, 6.45) is -1.38. The Balaban J connectivity index is 1.92. The van der Waals surface area contributed by atoms with Gasteiger partial charge in [-0.15, -0.1) is 0 Å². The Kier molecular flexibility index (Phi) is 3.76. The number of hydrogen-bond acceptors (Lipinski definition) is 2. The van der Waals surface area contributed by atoms with E-state index in [1.807, 2.05) is 11.8 Å². The van der Waals surface area contributed by atoms with E-state index < -0.39 is 34.8 Å². The van der Waals surface area contributed by atoms with Crippen LogP contribution in [0.4, 0.5) is 17.6 Å². The molecule has 0 spiro atoms. The molecule has 3 rings (SSSR count). The lowest BCUT2D eigenvalue weighted by atomic mass is 9.88. The first kappa shape index (κ1) is 14.9. The van der Waals surface area contributed by atoms with Crippen LogP contribution >= 0.6 is 11.8 Å². The van der Waals surface area contributed by atoms with Gasteiger partial charge in [-0.25, -0.2) is 4.39 Å². The molecular weight excluding hydrogens is 304 g/mol. The Morgan fingerprint density at radius 3 is 2.33 bits per heavy atom. The van der Waals surface area contributed by atoms with E-state index in [-0.39, 0.29) is 0 Å². The van der Waals surface area contributed by atoms with Crippen LogP contribution in [0, 0.1) is 11.7 Å². The van der Waals surface area contributed by atoms with Crippen LogP contribution in [-0.2, 0) is 6.18 Å². The van der Waals surface area contributed by atoms with E-state index >= 15 is 0 Å². The lowest BCUT2D eigenvalue weighted by Gasteiger charge is -2.27. The highest BCUT2D eigenvalue weighted by Crippen LogP contribution is 2.47. The Bertz CT molecular complexity index is 557. The predicted octanol–water partition coefficient (Wildman–Crippen LogP) is 4.70. The fourth-order valence-corrected chi connectivity index (χ4v) is 5.03. The van der Waals surface area contributed by atoms with Gasteiger partial charge in [-0.1, -0.05) is 0 Å². The van der Waals surface area contributed by atoms with Crippen molar-refractivity contribution < 1.29 is 22.4 Å². The summed E-state index contributed by atoms with van der Waals surface area (Å²) in [5, 5.41) is 0.723. The van der Waals surface area contributed by atoms with Crippen LogP contribution in [0.25, 0.3) is 0 Å². The largest absolute Gasteiger partial charge is 0.417 e. The molecule has 2 heterocycles. The summed E-state index contributed by atoms with van der Waals surface area (Å²) in [5.41, 5.74) is -1.54. The van der Waals surface area contributed by atoms with Crippen molar-refractivity contribution in [3.05, 3.63) is 35.1 Å². The fourth-order valence-electron chi connectivity index (χ4n) is 3.26. The van der Waals surface area contributed by atoms with Gasteiger partial charge in [-0.2, -0.15) is 24.9 Å². The highest BCUT2D eigenvalue weighted by molar-refractivity contribution is 8.00. The SMILES string of the molecule is O=C(c1cc(F)ccc1C(F)(F)F)C1CC2CCC(C1)S2. The minimum Gasteiger partial charge on any atom is -0.294 e. The second-order valence-electron chi connectivity index (χ2n) is 5.68.